The Morgan fingerprint density at radius 2 is 1.56 bits per heavy atom. The van der Waals surface area contributed by atoms with E-state index in [-0.39, 0.29) is 42.0 Å². The lowest BCUT2D eigenvalue weighted by Gasteiger charge is -2.37. The topological polar surface area (TPSA) is 89.5 Å². The van der Waals surface area contributed by atoms with Crippen LogP contribution in [0.2, 0.25) is 0 Å². The Morgan fingerprint density at radius 1 is 0.912 bits per heavy atom. The number of ether oxygens (including phenoxy) is 1. The van der Waals surface area contributed by atoms with Gasteiger partial charge < -0.3 is 4.74 Å². The van der Waals surface area contributed by atoms with E-state index in [1.807, 2.05) is 24.3 Å². The number of aromatic nitrogens is 2. The molecule has 2 aromatic carbocycles. The maximum atomic E-state index is 13.0. The van der Waals surface area contributed by atoms with Crippen LogP contribution in [0, 0.1) is 35.5 Å². The molecule has 7 nitrogen and oxygen atoms in total. The number of nitrogens with zero attached hydrogens (tertiary/aromatic N) is 3. The molecular formula is C27H21N3O4. The summed E-state index contributed by atoms with van der Waals surface area (Å²) in [4.78, 5) is 48.9. The van der Waals surface area contributed by atoms with Crippen molar-refractivity contribution in [2.24, 2.45) is 35.5 Å². The van der Waals surface area contributed by atoms with Gasteiger partial charge >= 0.3 is 5.97 Å². The highest BCUT2D eigenvalue weighted by atomic mass is 16.5. The van der Waals surface area contributed by atoms with Crippen LogP contribution in [-0.4, -0.2) is 39.2 Å². The average Bonchev–Trinajstić information content (AvgIpc) is 3.65. The molecule has 5 aliphatic rings. The number of esters is 1. The molecule has 34 heavy (non-hydrogen) atoms. The summed E-state index contributed by atoms with van der Waals surface area (Å²) in [5.41, 5.74) is 3.18. The number of rotatable bonds is 4. The standard InChI is InChI=1S/C27H21N3O4/c31-23(13-30-26(32)24-16-9-10-17(19-11-18(16)19)25(24)27(30)33)34-15-7-5-14(6-8-15)22-12-28-20-3-1-2-4-21(20)29-22/h1-10,12,16-19,24-25H,11,13H2/t16-,17-,18-,19-,24+,25+/m0/s1. The number of amides is 2. The predicted octanol–water partition coefficient (Wildman–Crippen LogP) is 3.26. The van der Waals surface area contributed by atoms with E-state index in [2.05, 4.69) is 22.1 Å². The molecule has 1 aromatic heterocycles. The van der Waals surface area contributed by atoms with Gasteiger partial charge in [0.2, 0.25) is 11.8 Å². The normalized spacial score (nSPS) is 30.4. The lowest BCUT2D eigenvalue weighted by Crippen LogP contribution is -2.40. The van der Waals surface area contributed by atoms with Gasteiger partial charge in [-0.1, -0.05) is 24.3 Å². The average molecular weight is 451 g/mol. The number of imide groups is 1. The zero-order valence-electron chi connectivity index (χ0n) is 18.2. The Bertz CT molecular complexity index is 1360. The molecule has 1 saturated heterocycles. The fourth-order valence-corrected chi connectivity index (χ4v) is 6.26. The van der Waals surface area contributed by atoms with Crippen LogP contribution in [0.15, 0.2) is 66.9 Å². The molecule has 6 atom stereocenters. The summed E-state index contributed by atoms with van der Waals surface area (Å²) >= 11 is 0. The molecule has 3 fully saturated rings. The summed E-state index contributed by atoms with van der Waals surface area (Å²) in [6, 6.07) is 14.6. The van der Waals surface area contributed by atoms with E-state index in [4.69, 9.17) is 4.74 Å². The van der Waals surface area contributed by atoms with Crippen molar-refractivity contribution in [3.8, 4) is 17.0 Å². The van der Waals surface area contributed by atoms with Crippen molar-refractivity contribution in [3.05, 3.63) is 66.9 Å². The number of likely N-dealkylation sites (tertiary alicyclic amines) is 1. The first-order valence-electron chi connectivity index (χ1n) is 11.6. The first-order valence-corrected chi connectivity index (χ1v) is 11.6. The molecule has 2 amide bonds. The van der Waals surface area contributed by atoms with Gasteiger partial charge in [-0.05, 0) is 66.5 Å². The predicted molar refractivity (Wildman–Crippen MR) is 122 cm³/mol. The summed E-state index contributed by atoms with van der Waals surface area (Å²) < 4.78 is 5.45. The molecule has 0 N–H and O–H groups in total. The van der Waals surface area contributed by atoms with Crippen LogP contribution in [0.5, 0.6) is 5.75 Å². The molecule has 2 saturated carbocycles. The van der Waals surface area contributed by atoms with Gasteiger partial charge in [0.25, 0.3) is 0 Å². The number of para-hydroxylation sites is 2. The summed E-state index contributed by atoms with van der Waals surface area (Å²) in [7, 11) is 0. The highest BCUT2D eigenvalue weighted by Crippen LogP contribution is 2.65. The van der Waals surface area contributed by atoms with Gasteiger partial charge in [0.15, 0.2) is 0 Å². The lowest BCUT2D eigenvalue weighted by molar-refractivity contribution is -0.148. The van der Waals surface area contributed by atoms with Crippen LogP contribution in [-0.2, 0) is 14.4 Å². The monoisotopic (exact) mass is 451 g/mol. The number of carbonyl (C=O) groups is 3. The minimum absolute atomic E-state index is 0.142. The molecule has 2 heterocycles. The Labute approximate surface area is 195 Å². The zero-order chi connectivity index (χ0) is 23.0. The third-order valence-corrected chi connectivity index (χ3v) is 7.87. The van der Waals surface area contributed by atoms with Crippen LogP contribution >= 0.6 is 0 Å². The second-order valence-electron chi connectivity index (χ2n) is 9.66. The van der Waals surface area contributed by atoms with Gasteiger partial charge in [0, 0.05) is 5.56 Å². The van der Waals surface area contributed by atoms with E-state index in [9.17, 15) is 14.4 Å². The SMILES string of the molecule is O=C(CN1C(=O)[C@@H]2[C@H]3C=C[C@@H]([C@@H]4C[C@@H]34)[C@H]2C1=O)Oc1ccc(-c2cnc3ccccc3n2)cc1. The molecule has 7 heteroatoms. The lowest BCUT2D eigenvalue weighted by atomic mass is 9.63. The molecule has 0 spiro atoms. The first kappa shape index (κ1) is 19.6. The number of allylic oxidation sites excluding steroid dienone is 2. The highest BCUT2D eigenvalue weighted by molar-refractivity contribution is 6.08. The maximum absolute atomic E-state index is 13.0. The van der Waals surface area contributed by atoms with Crippen molar-refractivity contribution in [2.75, 3.05) is 6.54 Å². The van der Waals surface area contributed by atoms with Crippen LogP contribution in [0.1, 0.15) is 6.42 Å². The molecule has 1 aliphatic heterocycles. The highest BCUT2D eigenvalue weighted by Gasteiger charge is 2.67. The van der Waals surface area contributed by atoms with Gasteiger partial charge in [-0.2, -0.15) is 0 Å². The second-order valence-corrected chi connectivity index (χ2v) is 9.66. The summed E-state index contributed by atoms with van der Waals surface area (Å²) in [5, 5.41) is 0. The number of hydrogen-bond donors (Lipinski definition) is 0. The maximum Gasteiger partial charge on any atom is 0.331 e. The third kappa shape index (κ3) is 2.86. The van der Waals surface area contributed by atoms with E-state index in [1.165, 1.54) is 0 Å². The van der Waals surface area contributed by atoms with E-state index < -0.39 is 5.97 Å². The Hall–Kier alpha value is -3.87. The van der Waals surface area contributed by atoms with Crippen LogP contribution in [0.25, 0.3) is 22.3 Å². The number of hydrogen-bond acceptors (Lipinski definition) is 6. The molecule has 0 radical (unpaired) electrons. The van der Waals surface area contributed by atoms with E-state index >= 15 is 0 Å². The fraction of sp³-hybridized carbons (Fsp3) is 0.296. The largest absolute Gasteiger partial charge is 0.425 e. The molecular weight excluding hydrogens is 430 g/mol. The zero-order valence-corrected chi connectivity index (χ0v) is 18.2. The minimum Gasteiger partial charge on any atom is -0.425 e. The summed E-state index contributed by atoms with van der Waals surface area (Å²) in [6.45, 7) is -0.350. The van der Waals surface area contributed by atoms with E-state index in [0.29, 0.717) is 23.3 Å². The van der Waals surface area contributed by atoms with Crippen LogP contribution in [0.4, 0.5) is 0 Å². The van der Waals surface area contributed by atoms with Gasteiger partial charge in [-0.15, -0.1) is 0 Å². The fourth-order valence-electron chi connectivity index (χ4n) is 6.26. The Kier molecular flexibility index (Phi) is 4.07. The van der Waals surface area contributed by atoms with Gasteiger partial charge in [0.1, 0.15) is 12.3 Å². The van der Waals surface area contributed by atoms with Crippen molar-refractivity contribution in [3.63, 3.8) is 0 Å². The molecule has 2 bridgehead atoms. The Morgan fingerprint density at radius 3 is 2.24 bits per heavy atom. The van der Waals surface area contributed by atoms with Gasteiger partial charge in [-0.25, -0.2) is 9.78 Å². The van der Waals surface area contributed by atoms with Crippen LogP contribution < -0.4 is 4.74 Å². The number of fused-ring (bicyclic) bond motifs is 1. The Balaban J connectivity index is 1.04. The summed E-state index contributed by atoms with van der Waals surface area (Å²) in [5.74, 6) is 0.0282. The van der Waals surface area contributed by atoms with Crippen molar-refractivity contribution in [1.82, 2.24) is 14.9 Å². The molecule has 8 rings (SSSR count). The van der Waals surface area contributed by atoms with Crippen LogP contribution in [0.3, 0.4) is 0 Å². The third-order valence-electron chi connectivity index (χ3n) is 7.87. The van der Waals surface area contributed by atoms with Crippen molar-refractivity contribution in [1.29, 1.82) is 0 Å². The second kappa shape index (κ2) is 7.06. The molecule has 168 valence electrons. The first-order chi connectivity index (χ1) is 16.6. The van der Waals surface area contributed by atoms with Crippen molar-refractivity contribution in [2.45, 2.75) is 6.42 Å². The molecule has 4 aliphatic carbocycles. The summed E-state index contributed by atoms with van der Waals surface area (Å²) in [6.07, 6.45) is 7.06. The number of carbonyl (C=O) groups excluding carboxylic acids is 3. The van der Waals surface area contributed by atoms with Gasteiger partial charge in [0.05, 0.1) is 34.8 Å². The van der Waals surface area contributed by atoms with Crippen molar-refractivity contribution >= 4 is 28.8 Å². The van der Waals surface area contributed by atoms with Gasteiger partial charge in [-0.3, -0.25) is 19.5 Å². The smallest absolute Gasteiger partial charge is 0.331 e. The molecule has 3 aromatic rings. The quantitative estimate of drug-likeness (QED) is 0.262. The van der Waals surface area contributed by atoms with E-state index in [1.54, 1.807) is 30.5 Å². The van der Waals surface area contributed by atoms with E-state index in [0.717, 1.165) is 27.9 Å². The minimum atomic E-state index is -0.621. The number of benzene rings is 2. The van der Waals surface area contributed by atoms with Crippen molar-refractivity contribution < 1.29 is 19.1 Å². The molecule has 0 unspecified atom stereocenters.